The number of methoxy groups -OCH3 is 1. The monoisotopic (exact) mass is 436 g/mol. The zero-order valence-corrected chi connectivity index (χ0v) is 18.4. The number of hydrogen-bond donors (Lipinski definition) is 1. The predicted molar refractivity (Wildman–Crippen MR) is 121 cm³/mol. The molecule has 1 aromatic carbocycles. The molecular formula is C24H28N4O4. The van der Waals surface area contributed by atoms with Gasteiger partial charge in [0.2, 0.25) is 5.91 Å². The largest absolute Gasteiger partial charge is 0.493 e. The summed E-state index contributed by atoms with van der Waals surface area (Å²) < 4.78 is 14.8. The summed E-state index contributed by atoms with van der Waals surface area (Å²) in [5, 5.41) is 2.80. The third kappa shape index (κ3) is 4.85. The van der Waals surface area contributed by atoms with Crippen molar-refractivity contribution < 1.29 is 14.3 Å². The van der Waals surface area contributed by atoms with Crippen LogP contribution >= 0.6 is 0 Å². The van der Waals surface area contributed by atoms with Crippen LogP contribution in [0, 0.1) is 0 Å². The lowest BCUT2D eigenvalue weighted by molar-refractivity contribution is -0.122. The molecule has 2 heterocycles. The third-order valence-electron chi connectivity index (χ3n) is 5.77. The zero-order chi connectivity index (χ0) is 22.5. The van der Waals surface area contributed by atoms with Gasteiger partial charge in [0.1, 0.15) is 6.54 Å². The standard InChI is InChI=1S/C24H28N4O4/c1-27-20(17-10-11-21(31-2)22(13-17)32-19-8-3-4-9-19)14-24(30)28(27)16-23(29)26-15-18-7-5-6-12-25-18/h5-7,10-14,19H,3-4,8-9,15-16H2,1-2H3,(H,26,29). The molecule has 2 aromatic heterocycles. The second-order valence-corrected chi connectivity index (χ2v) is 7.94. The number of rotatable bonds is 8. The molecule has 8 heteroatoms. The first-order chi connectivity index (χ1) is 15.5. The minimum atomic E-state index is -0.259. The molecule has 0 aliphatic heterocycles. The molecule has 0 atom stereocenters. The van der Waals surface area contributed by atoms with E-state index in [1.54, 1.807) is 25.0 Å². The Hall–Kier alpha value is -3.55. The Morgan fingerprint density at radius 1 is 1.16 bits per heavy atom. The quantitative estimate of drug-likeness (QED) is 0.587. The Morgan fingerprint density at radius 3 is 2.69 bits per heavy atom. The van der Waals surface area contributed by atoms with Gasteiger partial charge in [-0.25, -0.2) is 4.68 Å². The molecule has 0 bridgehead atoms. The second kappa shape index (κ2) is 9.72. The van der Waals surface area contributed by atoms with E-state index in [0.29, 0.717) is 23.7 Å². The number of ether oxygens (including phenoxy) is 2. The van der Waals surface area contributed by atoms with E-state index in [1.807, 2.05) is 36.4 Å². The Kier molecular flexibility index (Phi) is 6.58. The molecule has 1 aliphatic carbocycles. The number of hydrogen-bond acceptors (Lipinski definition) is 5. The van der Waals surface area contributed by atoms with Gasteiger partial charge >= 0.3 is 0 Å². The highest BCUT2D eigenvalue weighted by Crippen LogP contribution is 2.35. The molecule has 4 rings (SSSR count). The summed E-state index contributed by atoms with van der Waals surface area (Å²) in [5.41, 5.74) is 2.04. The maximum Gasteiger partial charge on any atom is 0.267 e. The summed E-state index contributed by atoms with van der Waals surface area (Å²) in [7, 11) is 3.39. The van der Waals surface area contributed by atoms with Crippen LogP contribution in [0.1, 0.15) is 31.4 Å². The van der Waals surface area contributed by atoms with Crippen LogP contribution in [0.2, 0.25) is 0 Å². The lowest BCUT2D eigenvalue weighted by Gasteiger charge is -2.17. The molecule has 1 saturated carbocycles. The first-order valence-electron chi connectivity index (χ1n) is 10.8. The molecular weight excluding hydrogens is 408 g/mol. The first kappa shape index (κ1) is 21.7. The van der Waals surface area contributed by atoms with Crippen LogP contribution in [0.3, 0.4) is 0 Å². The summed E-state index contributed by atoms with van der Waals surface area (Å²) in [6.45, 7) is 0.232. The van der Waals surface area contributed by atoms with Gasteiger partial charge in [0.15, 0.2) is 11.5 Å². The minimum absolute atomic E-state index is 0.0796. The average Bonchev–Trinajstić information content (AvgIpc) is 3.42. The van der Waals surface area contributed by atoms with Gasteiger partial charge < -0.3 is 14.8 Å². The highest BCUT2D eigenvalue weighted by atomic mass is 16.5. The van der Waals surface area contributed by atoms with Crippen molar-refractivity contribution >= 4 is 5.91 Å². The normalized spacial score (nSPS) is 13.8. The van der Waals surface area contributed by atoms with Crippen molar-refractivity contribution in [2.75, 3.05) is 7.11 Å². The Balaban J connectivity index is 1.52. The number of amides is 1. The van der Waals surface area contributed by atoms with Crippen molar-refractivity contribution in [1.29, 1.82) is 0 Å². The van der Waals surface area contributed by atoms with E-state index in [4.69, 9.17) is 9.47 Å². The van der Waals surface area contributed by atoms with Gasteiger partial charge in [0.25, 0.3) is 5.56 Å². The van der Waals surface area contributed by atoms with Crippen LogP contribution in [0.15, 0.2) is 53.5 Å². The molecule has 32 heavy (non-hydrogen) atoms. The minimum Gasteiger partial charge on any atom is -0.493 e. The fraction of sp³-hybridized carbons (Fsp3) is 0.375. The van der Waals surface area contributed by atoms with E-state index in [1.165, 1.54) is 23.6 Å². The third-order valence-corrected chi connectivity index (χ3v) is 5.77. The summed E-state index contributed by atoms with van der Waals surface area (Å²) >= 11 is 0. The van der Waals surface area contributed by atoms with Gasteiger partial charge in [0, 0.05) is 24.9 Å². The SMILES string of the molecule is COc1ccc(-c2cc(=O)n(CC(=O)NCc3ccccn3)n2C)cc1OC1CCCC1. The van der Waals surface area contributed by atoms with Crippen molar-refractivity contribution in [2.45, 2.75) is 44.9 Å². The number of pyridine rings is 1. The topological polar surface area (TPSA) is 87.4 Å². The summed E-state index contributed by atoms with van der Waals surface area (Å²) in [6.07, 6.45) is 6.29. The number of nitrogens with zero attached hydrogens (tertiary/aromatic N) is 3. The highest BCUT2D eigenvalue weighted by molar-refractivity contribution is 5.75. The molecule has 0 spiro atoms. The Bertz CT molecular complexity index is 1130. The molecule has 0 unspecified atom stereocenters. The molecule has 0 radical (unpaired) electrons. The van der Waals surface area contributed by atoms with Gasteiger partial charge in [-0.15, -0.1) is 0 Å². The first-order valence-corrected chi connectivity index (χ1v) is 10.8. The van der Waals surface area contributed by atoms with Gasteiger partial charge in [-0.05, 0) is 56.0 Å². The van der Waals surface area contributed by atoms with E-state index < -0.39 is 0 Å². The smallest absolute Gasteiger partial charge is 0.267 e. The van der Waals surface area contributed by atoms with E-state index in [2.05, 4.69) is 10.3 Å². The summed E-state index contributed by atoms with van der Waals surface area (Å²) in [6, 6.07) is 12.7. The predicted octanol–water partition coefficient (Wildman–Crippen LogP) is 2.90. The van der Waals surface area contributed by atoms with Crippen molar-refractivity contribution in [3.63, 3.8) is 0 Å². The second-order valence-electron chi connectivity index (χ2n) is 7.94. The lowest BCUT2D eigenvalue weighted by Crippen LogP contribution is -2.33. The molecule has 168 valence electrons. The molecule has 1 fully saturated rings. The van der Waals surface area contributed by atoms with E-state index in [0.717, 1.165) is 24.1 Å². The maximum atomic E-state index is 12.6. The molecule has 1 amide bonds. The number of carbonyl (C=O) groups is 1. The van der Waals surface area contributed by atoms with E-state index >= 15 is 0 Å². The fourth-order valence-electron chi connectivity index (χ4n) is 4.01. The molecule has 1 aliphatic rings. The number of carbonyl (C=O) groups excluding carboxylic acids is 1. The van der Waals surface area contributed by atoms with Crippen molar-refractivity contribution in [1.82, 2.24) is 19.7 Å². The zero-order valence-electron chi connectivity index (χ0n) is 18.4. The highest BCUT2D eigenvalue weighted by Gasteiger charge is 2.20. The number of benzene rings is 1. The van der Waals surface area contributed by atoms with Crippen LogP contribution in [0.25, 0.3) is 11.3 Å². The van der Waals surface area contributed by atoms with Gasteiger partial charge in [-0.2, -0.15) is 0 Å². The van der Waals surface area contributed by atoms with Gasteiger partial charge in [-0.1, -0.05) is 6.07 Å². The van der Waals surface area contributed by atoms with Crippen molar-refractivity contribution in [3.05, 3.63) is 64.7 Å². The molecule has 1 N–H and O–H groups in total. The average molecular weight is 437 g/mol. The van der Waals surface area contributed by atoms with E-state index in [9.17, 15) is 9.59 Å². The van der Waals surface area contributed by atoms with Crippen LogP contribution in [0.4, 0.5) is 0 Å². The van der Waals surface area contributed by atoms with Crippen LogP contribution in [0.5, 0.6) is 11.5 Å². The molecule has 0 saturated heterocycles. The molecule has 8 nitrogen and oxygen atoms in total. The molecule has 3 aromatic rings. The lowest BCUT2D eigenvalue weighted by atomic mass is 10.1. The fourth-order valence-corrected chi connectivity index (χ4v) is 4.01. The van der Waals surface area contributed by atoms with Crippen LogP contribution in [-0.2, 0) is 24.9 Å². The van der Waals surface area contributed by atoms with Crippen molar-refractivity contribution in [3.8, 4) is 22.8 Å². The number of nitrogens with one attached hydrogen (secondary N) is 1. The maximum absolute atomic E-state index is 12.6. The van der Waals surface area contributed by atoms with Gasteiger partial charge in [0.05, 0.1) is 31.1 Å². The Labute approximate surface area is 186 Å². The Morgan fingerprint density at radius 2 is 1.97 bits per heavy atom. The summed E-state index contributed by atoms with van der Waals surface area (Å²) in [5.74, 6) is 1.08. The number of aromatic nitrogens is 3. The van der Waals surface area contributed by atoms with E-state index in [-0.39, 0.29) is 24.1 Å². The summed E-state index contributed by atoms with van der Waals surface area (Å²) in [4.78, 5) is 29.2. The van der Waals surface area contributed by atoms with Gasteiger partial charge in [-0.3, -0.25) is 19.3 Å². The van der Waals surface area contributed by atoms with Crippen LogP contribution < -0.4 is 20.3 Å². The van der Waals surface area contributed by atoms with Crippen molar-refractivity contribution in [2.24, 2.45) is 7.05 Å². The van der Waals surface area contributed by atoms with Crippen LogP contribution in [-0.4, -0.2) is 33.5 Å².